The highest BCUT2D eigenvalue weighted by atomic mass is 16.1. The van der Waals surface area contributed by atoms with Crippen molar-refractivity contribution in [1.82, 2.24) is 0 Å². The predicted octanol–water partition coefficient (Wildman–Crippen LogP) is 1.48. The van der Waals surface area contributed by atoms with Gasteiger partial charge < -0.3 is 5.73 Å². The lowest BCUT2D eigenvalue weighted by molar-refractivity contribution is -0.125. The molecule has 0 unspecified atom stereocenters. The van der Waals surface area contributed by atoms with Crippen molar-refractivity contribution in [2.75, 3.05) is 0 Å². The van der Waals surface area contributed by atoms with Crippen LogP contribution in [0.5, 0.6) is 0 Å². The molecular formula is C9H17NO. The zero-order chi connectivity index (χ0) is 8.27. The minimum absolute atomic E-state index is 0.311. The Morgan fingerprint density at radius 2 is 2.18 bits per heavy atom. The van der Waals surface area contributed by atoms with Crippen molar-refractivity contribution in [3.05, 3.63) is 0 Å². The molecule has 0 atom stereocenters. The summed E-state index contributed by atoms with van der Waals surface area (Å²) in [6.07, 6.45) is 4.80. The summed E-state index contributed by atoms with van der Waals surface area (Å²) < 4.78 is 0. The molecule has 0 amide bonds. The second-order valence-corrected chi connectivity index (χ2v) is 3.50. The van der Waals surface area contributed by atoms with Crippen LogP contribution in [-0.2, 0) is 4.79 Å². The molecule has 11 heavy (non-hydrogen) atoms. The van der Waals surface area contributed by atoms with Gasteiger partial charge in [-0.1, -0.05) is 13.3 Å². The molecule has 1 fully saturated rings. The fourth-order valence-electron chi connectivity index (χ4n) is 1.48. The standard InChI is InChI=1S/C9H17NO/c1-2-3-4-9(11)7-5-8(10)6-7/h7-8H,2-6,10H2,1H3. The first kappa shape index (κ1) is 8.72. The third-order valence-corrected chi connectivity index (χ3v) is 2.41. The molecule has 1 rings (SSSR count). The molecule has 1 aliphatic rings. The molecule has 0 aromatic heterocycles. The third kappa shape index (κ3) is 2.29. The topological polar surface area (TPSA) is 43.1 Å². The summed E-state index contributed by atoms with van der Waals surface area (Å²) in [7, 11) is 0. The van der Waals surface area contributed by atoms with E-state index in [4.69, 9.17) is 5.73 Å². The molecule has 1 saturated carbocycles. The van der Waals surface area contributed by atoms with E-state index in [9.17, 15) is 4.79 Å². The van der Waals surface area contributed by atoms with E-state index >= 15 is 0 Å². The van der Waals surface area contributed by atoms with E-state index in [2.05, 4.69) is 6.92 Å². The summed E-state index contributed by atoms with van der Waals surface area (Å²) in [5, 5.41) is 0. The molecule has 0 radical (unpaired) electrons. The van der Waals surface area contributed by atoms with Gasteiger partial charge in [-0.2, -0.15) is 0 Å². The van der Waals surface area contributed by atoms with E-state index in [1.165, 1.54) is 0 Å². The number of ketones is 1. The lowest BCUT2D eigenvalue weighted by Crippen LogP contribution is -2.40. The van der Waals surface area contributed by atoms with Crippen molar-refractivity contribution in [3.63, 3.8) is 0 Å². The first-order valence-electron chi connectivity index (χ1n) is 4.52. The lowest BCUT2D eigenvalue weighted by Gasteiger charge is -2.31. The van der Waals surface area contributed by atoms with E-state index in [-0.39, 0.29) is 0 Å². The van der Waals surface area contributed by atoms with Crippen molar-refractivity contribution in [2.45, 2.75) is 45.1 Å². The van der Waals surface area contributed by atoms with E-state index in [1.54, 1.807) is 0 Å². The van der Waals surface area contributed by atoms with Crippen molar-refractivity contribution < 1.29 is 4.79 Å². The van der Waals surface area contributed by atoms with Crippen molar-refractivity contribution in [3.8, 4) is 0 Å². The van der Waals surface area contributed by atoms with E-state index in [0.717, 1.165) is 32.1 Å². The minimum atomic E-state index is 0.311. The molecule has 1 aliphatic carbocycles. The first-order chi connectivity index (χ1) is 5.24. The Bertz CT molecular complexity index is 138. The fourth-order valence-corrected chi connectivity index (χ4v) is 1.48. The van der Waals surface area contributed by atoms with Crippen LogP contribution in [0.3, 0.4) is 0 Å². The number of hydrogen-bond acceptors (Lipinski definition) is 2. The Morgan fingerprint density at radius 3 is 2.64 bits per heavy atom. The predicted molar refractivity (Wildman–Crippen MR) is 45.2 cm³/mol. The Kier molecular flexibility index (Phi) is 3.06. The summed E-state index contributed by atoms with van der Waals surface area (Å²) in [6.45, 7) is 2.11. The molecule has 0 aliphatic heterocycles. The summed E-state index contributed by atoms with van der Waals surface area (Å²) in [5.74, 6) is 0.755. The number of unbranched alkanes of at least 4 members (excludes halogenated alkanes) is 1. The van der Waals surface area contributed by atoms with Crippen LogP contribution in [0, 0.1) is 5.92 Å². The average molecular weight is 155 g/mol. The van der Waals surface area contributed by atoms with Crippen LogP contribution < -0.4 is 5.73 Å². The second-order valence-electron chi connectivity index (χ2n) is 3.50. The molecule has 0 bridgehead atoms. The summed E-state index contributed by atoms with van der Waals surface area (Å²) in [5.41, 5.74) is 5.58. The monoisotopic (exact) mass is 155 g/mol. The molecule has 0 aromatic rings. The van der Waals surface area contributed by atoms with Gasteiger partial charge in [0.25, 0.3) is 0 Å². The van der Waals surface area contributed by atoms with Crippen LogP contribution in [0.15, 0.2) is 0 Å². The highest BCUT2D eigenvalue weighted by Gasteiger charge is 2.30. The van der Waals surface area contributed by atoms with Gasteiger partial charge in [-0.15, -0.1) is 0 Å². The summed E-state index contributed by atoms with van der Waals surface area (Å²) >= 11 is 0. The molecule has 64 valence electrons. The van der Waals surface area contributed by atoms with Crippen LogP contribution in [0.4, 0.5) is 0 Å². The maximum Gasteiger partial charge on any atom is 0.136 e. The van der Waals surface area contributed by atoms with Crippen LogP contribution in [-0.4, -0.2) is 11.8 Å². The van der Waals surface area contributed by atoms with Gasteiger partial charge in [-0.25, -0.2) is 0 Å². The van der Waals surface area contributed by atoms with Gasteiger partial charge >= 0.3 is 0 Å². The normalized spacial score (nSPS) is 29.6. The number of Topliss-reactive ketones (excluding diaryl/α,β-unsaturated/α-hetero) is 1. The van der Waals surface area contributed by atoms with E-state index in [0.29, 0.717) is 17.7 Å². The molecular weight excluding hydrogens is 138 g/mol. The van der Waals surface area contributed by atoms with Crippen molar-refractivity contribution >= 4 is 5.78 Å². The zero-order valence-electron chi connectivity index (χ0n) is 7.18. The SMILES string of the molecule is CCCCC(=O)C1CC(N)C1. The molecule has 2 nitrogen and oxygen atoms in total. The maximum absolute atomic E-state index is 11.3. The van der Waals surface area contributed by atoms with Crippen molar-refractivity contribution in [1.29, 1.82) is 0 Å². The second kappa shape index (κ2) is 3.86. The summed E-state index contributed by atoms with van der Waals surface area (Å²) in [6, 6.07) is 0.311. The lowest BCUT2D eigenvalue weighted by atomic mass is 9.77. The smallest absolute Gasteiger partial charge is 0.136 e. The Labute approximate surface area is 68.2 Å². The zero-order valence-corrected chi connectivity index (χ0v) is 7.18. The highest BCUT2D eigenvalue weighted by Crippen LogP contribution is 2.27. The van der Waals surface area contributed by atoms with Gasteiger partial charge in [0.2, 0.25) is 0 Å². The van der Waals surface area contributed by atoms with Gasteiger partial charge in [-0.05, 0) is 19.3 Å². The van der Waals surface area contributed by atoms with E-state index < -0.39 is 0 Å². The summed E-state index contributed by atoms with van der Waals surface area (Å²) in [4.78, 5) is 11.3. The first-order valence-corrected chi connectivity index (χ1v) is 4.52. The van der Waals surface area contributed by atoms with Gasteiger partial charge in [0.1, 0.15) is 5.78 Å². The quantitative estimate of drug-likeness (QED) is 0.668. The molecule has 0 saturated heterocycles. The molecule has 0 spiro atoms. The van der Waals surface area contributed by atoms with Crippen LogP contribution >= 0.6 is 0 Å². The average Bonchev–Trinajstić information content (AvgIpc) is 1.94. The van der Waals surface area contributed by atoms with Gasteiger partial charge in [0.05, 0.1) is 0 Å². The molecule has 2 heteroatoms. The maximum atomic E-state index is 11.3. The van der Waals surface area contributed by atoms with Gasteiger partial charge in [0, 0.05) is 18.4 Å². The Morgan fingerprint density at radius 1 is 1.55 bits per heavy atom. The molecule has 0 heterocycles. The highest BCUT2D eigenvalue weighted by molar-refractivity contribution is 5.81. The van der Waals surface area contributed by atoms with Gasteiger partial charge in [0.15, 0.2) is 0 Å². The van der Waals surface area contributed by atoms with Gasteiger partial charge in [-0.3, -0.25) is 4.79 Å². The Balaban J connectivity index is 2.11. The van der Waals surface area contributed by atoms with Crippen LogP contribution in [0.25, 0.3) is 0 Å². The number of hydrogen-bond donors (Lipinski definition) is 1. The van der Waals surface area contributed by atoms with Crippen LogP contribution in [0.1, 0.15) is 39.0 Å². The van der Waals surface area contributed by atoms with E-state index in [1.807, 2.05) is 0 Å². The molecule has 2 N–H and O–H groups in total. The molecule has 0 aromatic carbocycles. The fraction of sp³-hybridized carbons (Fsp3) is 0.889. The third-order valence-electron chi connectivity index (χ3n) is 2.41. The van der Waals surface area contributed by atoms with Crippen LogP contribution in [0.2, 0.25) is 0 Å². The largest absolute Gasteiger partial charge is 0.328 e. The minimum Gasteiger partial charge on any atom is -0.328 e. The van der Waals surface area contributed by atoms with Crippen molar-refractivity contribution in [2.24, 2.45) is 11.7 Å². The number of nitrogens with two attached hydrogens (primary N) is 1. The number of carbonyl (C=O) groups is 1. The number of carbonyl (C=O) groups excluding carboxylic acids is 1. The number of rotatable bonds is 4. The Hall–Kier alpha value is -0.370.